The summed E-state index contributed by atoms with van der Waals surface area (Å²) in [6.45, 7) is 1.58. The Kier molecular flexibility index (Phi) is 2.29. The molecular weight excluding hydrogens is 231 g/mol. The van der Waals surface area contributed by atoms with E-state index in [0.29, 0.717) is 11.9 Å². The van der Waals surface area contributed by atoms with E-state index in [1.165, 1.54) is 6.20 Å². The number of fused-ring (bicyclic) bond motifs is 2. The average Bonchev–Trinajstić information content (AvgIpc) is 2.89. The van der Waals surface area contributed by atoms with Crippen LogP contribution >= 0.6 is 0 Å². The minimum atomic E-state index is -4.30. The van der Waals surface area contributed by atoms with Gasteiger partial charge in [-0.15, -0.1) is 0 Å². The third kappa shape index (κ3) is 1.86. The number of aromatic nitrogens is 1. The lowest BCUT2D eigenvalue weighted by molar-refractivity contribution is -0.137. The number of hydrogen-bond donors (Lipinski definition) is 1. The van der Waals surface area contributed by atoms with Crippen LogP contribution in [0.3, 0.4) is 0 Å². The molecule has 0 saturated carbocycles. The number of hydrogen-bond acceptors (Lipinski definition) is 3. The van der Waals surface area contributed by atoms with E-state index in [9.17, 15) is 13.2 Å². The molecule has 0 aliphatic carbocycles. The molecule has 2 saturated heterocycles. The largest absolute Gasteiger partial charge is 0.416 e. The molecule has 2 aliphatic heterocycles. The van der Waals surface area contributed by atoms with Gasteiger partial charge in [-0.1, -0.05) is 0 Å². The van der Waals surface area contributed by atoms with Crippen LogP contribution in [0.25, 0.3) is 0 Å². The minimum absolute atomic E-state index is 0.288. The zero-order chi connectivity index (χ0) is 12.0. The second-order valence-corrected chi connectivity index (χ2v) is 4.55. The van der Waals surface area contributed by atoms with Crippen molar-refractivity contribution in [2.45, 2.75) is 24.7 Å². The fraction of sp³-hybridized carbons (Fsp3) is 0.545. The maximum atomic E-state index is 12.6. The molecule has 3 heterocycles. The number of nitrogens with zero attached hydrogens (tertiary/aromatic N) is 2. The van der Waals surface area contributed by atoms with Crippen molar-refractivity contribution in [2.24, 2.45) is 0 Å². The topological polar surface area (TPSA) is 28.2 Å². The molecule has 2 bridgehead atoms. The number of halogens is 3. The lowest BCUT2D eigenvalue weighted by Crippen LogP contribution is -2.44. The molecule has 0 spiro atoms. The Morgan fingerprint density at radius 3 is 2.82 bits per heavy atom. The number of nitrogens with one attached hydrogen (secondary N) is 1. The standard InChI is InChI=1S/C11H12F3N3/c12-11(13,14)7-1-2-15-10(3-7)17-6-8-4-9(17)5-16-8/h1-3,8-9,16H,4-6H2/t8-,9-/m0/s1. The summed E-state index contributed by atoms with van der Waals surface area (Å²) < 4.78 is 37.8. The highest BCUT2D eigenvalue weighted by Crippen LogP contribution is 2.33. The smallest absolute Gasteiger partial charge is 0.351 e. The van der Waals surface area contributed by atoms with Gasteiger partial charge >= 0.3 is 6.18 Å². The highest BCUT2D eigenvalue weighted by Gasteiger charge is 2.39. The Labute approximate surface area is 96.6 Å². The van der Waals surface area contributed by atoms with Gasteiger partial charge in [0.05, 0.1) is 5.56 Å². The fourth-order valence-corrected chi connectivity index (χ4v) is 2.59. The van der Waals surface area contributed by atoms with Crippen molar-refractivity contribution in [3.8, 4) is 0 Å². The molecule has 1 aromatic rings. The molecule has 1 aromatic heterocycles. The van der Waals surface area contributed by atoms with Crippen molar-refractivity contribution in [1.82, 2.24) is 10.3 Å². The van der Waals surface area contributed by atoms with Crippen LogP contribution in [-0.4, -0.2) is 30.2 Å². The van der Waals surface area contributed by atoms with Crippen LogP contribution in [-0.2, 0) is 6.18 Å². The van der Waals surface area contributed by atoms with Crippen LogP contribution in [0.2, 0.25) is 0 Å². The maximum absolute atomic E-state index is 12.6. The summed E-state index contributed by atoms with van der Waals surface area (Å²) in [5, 5.41) is 3.31. The van der Waals surface area contributed by atoms with E-state index >= 15 is 0 Å². The molecule has 3 rings (SSSR count). The summed E-state index contributed by atoms with van der Waals surface area (Å²) in [5.41, 5.74) is -0.627. The first kappa shape index (κ1) is 10.8. The van der Waals surface area contributed by atoms with Gasteiger partial charge in [0.25, 0.3) is 0 Å². The summed E-state index contributed by atoms with van der Waals surface area (Å²) in [5.74, 6) is 0.439. The highest BCUT2D eigenvalue weighted by molar-refractivity contribution is 5.45. The van der Waals surface area contributed by atoms with Crippen molar-refractivity contribution >= 4 is 5.82 Å². The SMILES string of the molecule is FC(F)(F)c1ccnc(N2C[C@@H]3C[C@H]2CN3)c1. The van der Waals surface area contributed by atoms with E-state index < -0.39 is 11.7 Å². The van der Waals surface area contributed by atoms with Crippen molar-refractivity contribution in [3.63, 3.8) is 0 Å². The van der Waals surface area contributed by atoms with E-state index in [4.69, 9.17) is 0 Å². The van der Waals surface area contributed by atoms with Gasteiger partial charge in [0, 0.05) is 31.4 Å². The monoisotopic (exact) mass is 243 g/mol. The Hall–Kier alpha value is -1.30. The van der Waals surface area contributed by atoms with E-state index in [0.717, 1.165) is 31.6 Å². The Balaban J connectivity index is 1.89. The highest BCUT2D eigenvalue weighted by atomic mass is 19.4. The van der Waals surface area contributed by atoms with Crippen molar-refractivity contribution in [3.05, 3.63) is 23.9 Å². The van der Waals surface area contributed by atoms with Gasteiger partial charge in [0.1, 0.15) is 5.82 Å². The van der Waals surface area contributed by atoms with Crippen LogP contribution in [0.4, 0.5) is 19.0 Å². The van der Waals surface area contributed by atoms with E-state index in [1.54, 1.807) is 0 Å². The molecule has 0 unspecified atom stereocenters. The number of anilines is 1. The zero-order valence-electron chi connectivity index (χ0n) is 9.04. The van der Waals surface area contributed by atoms with E-state index in [1.807, 2.05) is 4.90 Å². The van der Waals surface area contributed by atoms with Crippen LogP contribution in [0.1, 0.15) is 12.0 Å². The summed E-state index contributed by atoms with van der Waals surface area (Å²) >= 11 is 0. The Bertz CT molecular complexity index is 432. The Morgan fingerprint density at radius 2 is 2.24 bits per heavy atom. The van der Waals surface area contributed by atoms with Gasteiger partial charge in [-0.3, -0.25) is 0 Å². The Morgan fingerprint density at radius 1 is 1.41 bits per heavy atom. The first-order valence-electron chi connectivity index (χ1n) is 5.57. The lowest BCUT2D eigenvalue weighted by atomic mass is 10.2. The van der Waals surface area contributed by atoms with Gasteiger partial charge in [0.2, 0.25) is 0 Å². The predicted molar refractivity (Wildman–Crippen MR) is 56.8 cm³/mol. The molecule has 0 radical (unpaired) electrons. The molecule has 2 aliphatic rings. The predicted octanol–water partition coefficient (Wildman–Crippen LogP) is 1.65. The average molecular weight is 243 g/mol. The van der Waals surface area contributed by atoms with Gasteiger partial charge < -0.3 is 10.2 Å². The van der Waals surface area contributed by atoms with Crippen LogP contribution in [0.15, 0.2) is 18.3 Å². The van der Waals surface area contributed by atoms with Crippen LogP contribution in [0, 0.1) is 0 Å². The molecule has 0 amide bonds. The fourth-order valence-electron chi connectivity index (χ4n) is 2.59. The van der Waals surface area contributed by atoms with Gasteiger partial charge in [0.15, 0.2) is 0 Å². The number of pyridine rings is 1. The molecule has 2 fully saturated rings. The van der Waals surface area contributed by atoms with E-state index in [-0.39, 0.29) is 6.04 Å². The molecule has 2 atom stereocenters. The van der Waals surface area contributed by atoms with Crippen LogP contribution in [0.5, 0.6) is 0 Å². The molecule has 1 N–H and O–H groups in total. The first-order valence-corrected chi connectivity index (χ1v) is 5.57. The summed E-state index contributed by atoms with van der Waals surface area (Å²) in [6.07, 6.45) is -2.07. The van der Waals surface area contributed by atoms with E-state index in [2.05, 4.69) is 10.3 Å². The first-order chi connectivity index (χ1) is 8.04. The number of piperazine rings is 1. The number of alkyl halides is 3. The quantitative estimate of drug-likeness (QED) is 0.813. The van der Waals surface area contributed by atoms with Gasteiger partial charge in [-0.05, 0) is 18.6 Å². The molecule has 0 aromatic carbocycles. The molecular formula is C11H12F3N3. The molecule has 92 valence electrons. The van der Waals surface area contributed by atoms with Crippen molar-refractivity contribution < 1.29 is 13.2 Å². The molecule has 6 heteroatoms. The number of rotatable bonds is 1. The maximum Gasteiger partial charge on any atom is 0.416 e. The minimum Gasteiger partial charge on any atom is -0.351 e. The second kappa shape index (κ2) is 3.60. The summed E-state index contributed by atoms with van der Waals surface area (Å²) in [6, 6.07) is 2.84. The normalized spacial score (nSPS) is 27.8. The van der Waals surface area contributed by atoms with Gasteiger partial charge in [-0.2, -0.15) is 13.2 Å². The third-order valence-corrected chi connectivity index (χ3v) is 3.42. The van der Waals surface area contributed by atoms with Gasteiger partial charge in [-0.25, -0.2) is 4.98 Å². The van der Waals surface area contributed by atoms with Crippen LogP contribution < -0.4 is 10.2 Å². The van der Waals surface area contributed by atoms with Crippen molar-refractivity contribution in [1.29, 1.82) is 0 Å². The molecule has 17 heavy (non-hydrogen) atoms. The zero-order valence-corrected chi connectivity index (χ0v) is 9.04. The lowest BCUT2D eigenvalue weighted by Gasteiger charge is -2.28. The second-order valence-electron chi connectivity index (χ2n) is 4.55. The van der Waals surface area contributed by atoms with Crippen molar-refractivity contribution in [2.75, 3.05) is 18.0 Å². The summed E-state index contributed by atoms with van der Waals surface area (Å²) in [7, 11) is 0. The molecule has 3 nitrogen and oxygen atoms in total. The summed E-state index contributed by atoms with van der Waals surface area (Å²) in [4.78, 5) is 6.02. The third-order valence-electron chi connectivity index (χ3n) is 3.42.